The van der Waals surface area contributed by atoms with Crippen LogP contribution in [0.4, 0.5) is 11.8 Å². The zero-order valence-corrected chi connectivity index (χ0v) is 20.9. The van der Waals surface area contributed by atoms with Crippen molar-refractivity contribution in [3.05, 3.63) is 22.8 Å². The van der Waals surface area contributed by atoms with Crippen LogP contribution in [0.5, 0.6) is 0 Å². The highest BCUT2D eigenvalue weighted by Gasteiger charge is 2.25. The summed E-state index contributed by atoms with van der Waals surface area (Å²) in [5.41, 5.74) is 7.24. The Hall–Kier alpha value is -2.45. The molecule has 0 atom stereocenters. The molecule has 0 amide bonds. The van der Waals surface area contributed by atoms with Gasteiger partial charge in [-0.3, -0.25) is 4.90 Å². The first kappa shape index (κ1) is 23.3. The van der Waals surface area contributed by atoms with E-state index in [4.69, 9.17) is 20.4 Å². The molecule has 0 radical (unpaired) electrons. The number of ether oxygens (including phenoxy) is 1. The summed E-state index contributed by atoms with van der Waals surface area (Å²) in [6.07, 6.45) is 2.95. The standard InChI is InChI=1S/C21H28N8O3S2/c1-14-17(12-23-21(22)24-14)18-25-19(28-7-9-32-10-8-28)16-11-15(33-20(16)26-18)13-27-3-5-29(6-4-27)34(2,30)31/h11-12H,3-10,13H2,1-2H3,(H2,22,23,24). The highest BCUT2D eigenvalue weighted by Crippen LogP contribution is 2.34. The van der Waals surface area contributed by atoms with Gasteiger partial charge >= 0.3 is 0 Å². The van der Waals surface area contributed by atoms with E-state index in [1.807, 2.05) is 6.92 Å². The molecular weight excluding hydrogens is 476 g/mol. The number of piperazine rings is 1. The van der Waals surface area contributed by atoms with Gasteiger partial charge in [-0.25, -0.2) is 28.4 Å². The van der Waals surface area contributed by atoms with Gasteiger partial charge in [0.1, 0.15) is 10.6 Å². The molecule has 0 spiro atoms. The van der Waals surface area contributed by atoms with Crippen molar-refractivity contribution in [2.75, 3.05) is 69.4 Å². The first-order valence-electron chi connectivity index (χ1n) is 11.2. The molecule has 5 heterocycles. The predicted octanol–water partition coefficient (Wildman–Crippen LogP) is 0.953. The number of hydrogen-bond acceptors (Lipinski definition) is 11. The molecule has 11 nitrogen and oxygen atoms in total. The molecule has 5 rings (SSSR count). The molecule has 3 aromatic rings. The molecule has 0 aromatic carbocycles. The van der Waals surface area contributed by atoms with E-state index in [1.54, 1.807) is 21.8 Å². The minimum absolute atomic E-state index is 0.227. The van der Waals surface area contributed by atoms with Crippen LogP contribution >= 0.6 is 11.3 Å². The molecule has 182 valence electrons. The van der Waals surface area contributed by atoms with Crippen LogP contribution in [0.1, 0.15) is 10.6 Å². The lowest BCUT2D eigenvalue weighted by Crippen LogP contribution is -2.47. The summed E-state index contributed by atoms with van der Waals surface area (Å²) >= 11 is 1.65. The van der Waals surface area contributed by atoms with E-state index in [2.05, 4.69) is 25.8 Å². The number of thiophene rings is 1. The average Bonchev–Trinajstić information content (AvgIpc) is 3.21. The number of aromatic nitrogens is 4. The van der Waals surface area contributed by atoms with Gasteiger partial charge in [0.15, 0.2) is 5.82 Å². The van der Waals surface area contributed by atoms with Crippen LogP contribution in [-0.2, 0) is 21.3 Å². The largest absolute Gasteiger partial charge is 0.378 e. The van der Waals surface area contributed by atoms with Crippen LogP contribution in [0.25, 0.3) is 21.6 Å². The number of aryl methyl sites for hydroxylation is 1. The fourth-order valence-corrected chi connectivity index (χ4v) is 6.21. The van der Waals surface area contributed by atoms with Crippen molar-refractivity contribution in [3.63, 3.8) is 0 Å². The monoisotopic (exact) mass is 504 g/mol. The Morgan fingerprint density at radius 3 is 2.50 bits per heavy atom. The van der Waals surface area contributed by atoms with Crippen molar-refractivity contribution in [1.82, 2.24) is 29.1 Å². The van der Waals surface area contributed by atoms with Gasteiger partial charge in [-0.05, 0) is 13.0 Å². The van der Waals surface area contributed by atoms with Gasteiger partial charge in [0.2, 0.25) is 16.0 Å². The van der Waals surface area contributed by atoms with Crippen molar-refractivity contribution in [3.8, 4) is 11.4 Å². The quantitative estimate of drug-likeness (QED) is 0.536. The lowest BCUT2D eigenvalue weighted by atomic mass is 10.2. The number of rotatable bonds is 5. The molecule has 2 N–H and O–H groups in total. The number of fused-ring (bicyclic) bond motifs is 1. The Kier molecular flexibility index (Phi) is 6.37. The summed E-state index contributed by atoms with van der Waals surface area (Å²) in [4.78, 5) is 24.9. The van der Waals surface area contributed by atoms with Crippen molar-refractivity contribution >= 4 is 43.3 Å². The number of hydrogen-bond donors (Lipinski definition) is 1. The summed E-state index contributed by atoms with van der Waals surface area (Å²) in [6.45, 7) is 7.92. The Labute approximate surface area is 202 Å². The van der Waals surface area contributed by atoms with Crippen LogP contribution in [0.15, 0.2) is 12.3 Å². The first-order valence-corrected chi connectivity index (χ1v) is 13.8. The second kappa shape index (κ2) is 9.30. The smallest absolute Gasteiger partial charge is 0.220 e. The summed E-state index contributed by atoms with van der Waals surface area (Å²) < 4.78 is 30.7. The molecular formula is C21H28N8O3S2. The van der Waals surface area contributed by atoms with Crippen LogP contribution in [0.3, 0.4) is 0 Å². The third-order valence-electron chi connectivity index (χ3n) is 6.15. The molecule has 0 aliphatic carbocycles. The van der Waals surface area contributed by atoms with E-state index in [0.717, 1.165) is 46.9 Å². The Balaban J connectivity index is 1.47. The van der Waals surface area contributed by atoms with Crippen molar-refractivity contribution < 1.29 is 13.2 Å². The Morgan fingerprint density at radius 2 is 1.82 bits per heavy atom. The van der Waals surface area contributed by atoms with Gasteiger partial charge in [0.05, 0.1) is 36.1 Å². The van der Waals surface area contributed by atoms with Gasteiger partial charge in [0.25, 0.3) is 0 Å². The van der Waals surface area contributed by atoms with Crippen molar-refractivity contribution in [2.24, 2.45) is 0 Å². The lowest BCUT2D eigenvalue weighted by Gasteiger charge is -2.32. The summed E-state index contributed by atoms with van der Waals surface area (Å²) in [6, 6.07) is 2.17. The number of anilines is 2. The maximum absolute atomic E-state index is 11.8. The molecule has 2 saturated heterocycles. The maximum atomic E-state index is 11.8. The maximum Gasteiger partial charge on any atom is 0.220 e. The number of nitrogens with zero attached hydrogens (tertiary/aromatic N) is 7. The molecule has 13 heteroatoms. The van der Waals surface area contributed by atoms with Gasteiger partial charge in [-0.2, -0.15) is 4.31 Å². The minimum Gasteiger partial charge on any atom is -0.378 e. The van der Waals surface area contributed by atoms with Gasteiger partial charge < -0.3 is 15.4 Å². The molecule has 0 unspecified atom stereocenters. The summed E-state index contributed by atoms with van der Waals surface area (Å²) in [5, 5.41) is 1.02. The SMILES string of the molecule is Cc1nc(N)ncc1-c1nc(N2CCOCC2)c2cc(CN3CCN(S(C)(=O)=O)CC3)sc2n1. The van der Waals surface area contributed by atoms with Gasteiger partial charge in [-0.15, -0.1) is 11.3 Å². The number of sulfonamides is 1. The number of nitrogens with two attached hydrogens (primary N) is 1. The first-order chi connectivity index (χ1) is 16.3. The van der Waals surface area contributed by atoms with E-state index in [1.165, 1.54) is 11.1 Å². The van der Waals surface area contributed by atoms with Crippen LogP contribution < -0.4 is 10.6 Å². The highest BCUT2D eigenvalue weighted by atomic mass is 32.2. The Bertz CT molecular complexity index is 1300. The fraction of sp³-hybridized carbons (Fsp3) is 0.524. The average molecular weight is 505 g/mol. The van der Waals surface area contributed by atoms with Crippen molar-refractivity contribution in [2.45, 2.75) is 13.5 Å². The van der Waals surface area contributed by atoms with E-state index in [-0.39, 0.29) is 5.95 Å². The minimum atomic E-state index is -3.14. The number of nitrogen functional groups attached to an aromatic ring is 1. The zero-order valence-electron chi connectivity index (χ0n) is 19.3. The highest BCUT2D eigenvalue weighted by molar-refractivity contribution is 7.88. The fourth-order valence-electron chi connectivity index (χ4n) is 4.32. The molecule has 2 fully saturated rings. The van der Waals surface area contributed by atoms with Gasteiger partial charge in [-0.1, -0.05) is 0 Å². The lowest BCUT2D eigenvalue weighted by molar-refractivity contribution is 0.122. The van der Waals surface area contributed by atoms with E-state index < -0.39 is 10.0 Å². The second-order valence-electron chi connectivity index (χ2n) is 8.57. The molecule has 3 aromatic heterocycles. The van der Waals surface area contributed by atoms with Crippen LogP contribution in [0.2, 0.25) is 0 Å². The van der Waals surface area contributed by atoms with E-state index >= 15 is 0 Å². The molecule has 34 heavy (non-hydrogen) atoms. The molecule has 2 aliphatic rings. The van der Waals surface area contributed by atoms with Crippen molar-refractivity contribution in [1.29, 1.82) is 0 Å². The second-order valence-corrected chi connectivity index (χ2v) is 11.7. The normalized spacial score (nSPS) is 18.6. The van der Waals surface area contributed by atoms with Crippen LogP contribution in [0, 0.1) is 6.92 Å². The third-order valence-corrected chi connectivity index (χ3v) is 8.47. The molecule has 0 bridgehead atoms. The molecule has 2 aliphatic heterocycles. The predicted molar refractivity (Wildman–Crippen MR) is 132 cm³/mol. The molecule has 0 saturated carbocycles. The third kappa shape index (κ3) is 4.84. The Morgan fingerprint density at radius 1 is 1.09 bits per heavy atom. The summed E-state index contributed by atoms with van der Waals surface area (Å²) in [7, 11) is -3.14. The summed E-state index contributed by atoms with van der Waals surface area (Å²) in [5.74, 6) is 1.70. The number of morpholine rings is 1. The van der Waals surface area contributed by atoms with E-state index in [0.29, 0.717) is 45.2 Å². The van der Waals surface area contributed by atoms with Gasteiger partial charge in [0, 0.05) is 56.9 Å². The zero-order chi connectivity index (χ0) is 23.9. The topological polar surface area (TPSA) is 131 Å². The van der Waals surface area contributed by atoms with E-state index in [9.17, 15) is 8.42 Å². The van der Waals surface area contributed by atoms with Crippen LogP contribution in [-0.4, -0.2) is 96.3 Å².